The lowest BCUT2D eigenvalue weighted by atomic mass is 10.1. The second-order valence-corrected chi connectivity index (χ2v) is 5.22. The van der Waals surface area contributed by atoms with Crippen LogP contribution in [0.1, 0.15) is 21.6 Å². The monoisotopic (exact) mass is 308 g/mol. The van der Waals surface area contributed by atoms with E-state index in [1.165, 1.54) is 0 Å². The van der Waals surface area contributed by atoms with Crippen LogP contribution in [0.5, 0.6) is 5.75 Å². The molecule has 1 heterocycles. The minimum atomic E-state index is -0.626. The molecule has 3 aromatic rings. The summed E-state index contributed by atoms with van der Waals surface area (Å²) in [4.78, 5) is 15.7. The van der Waals surface area contributed by atoms with Gasteiger partial charge >= 0.3 is 0 Å². The summed E-state index contributed by atoms with van der Waals surface area (Å²) in [6.45, 7) is 2.38. The van der Waals surface area contributed by atoms with Gasteiger partial charge in [-0.15, -0.1) is 0 Å². The summed E-state index contributed by atoms with van der Waals surface area (Å²) in [5.41, 5.74) is 4.43. The van der Waals surface area contributed by atoms with Crippen molar-refractivity contribution < 1.29 is 14.7 Å². The smallest absolute Gasteiger partial charge is 0.293 e. The first kappa shape index (κ1) is 15.0. The van der Waals surface area contributed by atoms with Crippen molar-refractivity contribution in [1.82, 2.24) is 10.5 Å². The van der Waals surface area contributed by atoms with Crippen LogP contribution in [-0.4, -0.2) is 16.1 Å². The predicted molar refractivity (Wildman–Crippen MR) is 86.5 cm³/mol. The Balaban J connectivity index is 1.87. The van der Waals surface area contributed by atoms with E-state index in [1.54, 1.807) is 17.6 Å². The number of ether oxygens (including phenoxy) is 1. The summed E-state index contributed by atoms with van der Waals surface area (Å²) in [5.74, 6) is 0.116. The number of pyridine rings is 1. The van der Waals surface area contributed by atoms with Crippen LogP contribution in [0.2, 0.25) is 0 Å². The van der Waals surface area contributed by atoms with Crippen molar-refractivity contribution in [2.45, 2.75) is 13.5 Å². The number of hydrogen-bond donors (Lipinski definition) is 2. The second-order valence-electron chi connectivity index (χ2n) is 5.22. The molecule has 23 heavy (non-hydrogen) atoms. The molecule has 0 saturated heterocycles. The zero-order chi connectivity index (χ0) is 16.2. The molecule has 0 aliphatic carbocycles. The average molecular weight is 308 g/mol. The number of benzene rings is 2. The molecule has 0 saturated carbocycles. The van der Waals surface area contributed by atoms with E-state index in [0.29, 0.717) is 12.1 Å². The number of fused-ring (bicyclic) bond motifs is 1. The number of rotatable bonds is 4. The molecule has 2 N–H and O–H groups in total. The molecule has 0 spiro atoms. The Morgan fingerprint density at radius 1 is 1.17 bits per heavy atom. The molecule has 0 aliphatic rings. The van der Waals surface area contributed by atoms with Gasteiger partial charge in [0.25, 0.3) is 5.91 Å². The molecule has 1 amide bonds. The van der Waals surface area contributed by atoms with Gasteiger partial charge in [0.15, 0.2) is 0 Å². The number of nitrogens with one attached hydrogen (secondary N) is 1. The number of hydrogen-bond acceptors (Lipinski definition) is 4. The quantitative estimate of drug-likeness (QED) is 0.573. The standard InChI is InChI=1S/C18H16N2O3/c1-12-9-17(18(21)20-22)19-16-8-7-14(10-15(12)16)23-11-13-5-3-2-4-6-13/h2-10,22H,11H2,1H3,(H,20,21). The van der Waals surface area contributed by atoms with Crippen LogP contribution in [0.25, 0.3) is 10.9 Å². The van der Waals surface area contributed by atoms with E-state index in [1.807, 2.05) is 49.4 Å². The lowest BCUT2D eigenvalue weighted by molar-refractivity contribution is 0.0701. The number of carbonyl (C=O) groups is 1. The molecule has 5 nitrogen and oxygen atoms in total. The summed E-state index contributed by atoms with van der Waals surface area (Å²) in [6.07, 6.45) is 0. The van der Waals surface area contributed by atoms with Crippen LogP contribution >= 0.6 is 0 Å². The maximum atomic E-state index is 11.5. The van der Waals surface area contributed by atoms with Gasteiger partial charge in [0, 0.05) is 5.39 Å². The maximum Gasteiger partial charge on any atom is 0.293 e. The predicted octanol–water partition coefficient (Wildman–Crippen LogP) is 3.24. The van der Waals surface area contributed by atoms with Crippen molar-refractivity contribution in [3.8, 4) is 5.75 Å². The van der Waals surface area contributed by atoms with Crippen LogP contribution in [0.15, 0.2) is 54.6 Å². The fraction of sp³-hybridized carbons (Fsp3) is 0.111. The van der Waals surface area contributed by atoms with Crippen molar-refractivity contribution in [3.63, 3.8) is 0 Å². The highest BCUT2D eigenvalue weighted by molar-refractivity contribution is 5.95. The average Bonchev–Trinajstić information content (AvgIpc) is 2.60. The fourth-order valence-electron chi connectivity index (χ4n) is 2.38. The van der Waals surface area contributed by atoms with Gasteiger partial charge in [0.05, 0.1) is 5.52 Å². The molecule has 0 bridgehead atoms. The van der Waals surface area contributed by atoms with Gasteiger partial charge in [0.2, 0.25) is 0 Å². The third-order valence-corrected chi connectivity index (χ3v) is 3.57. The van der Waals surface area contributed by atoms with E-state index in [0.717, 1.165) is 22.3 Å². The SMILES string of the molecule is Cc1cc(C(=O)NO)nc2ccc(OCc3ccccc3)cc12. The van der Waals surface area contributed by atoms with E-state index >= 15 is 0 Å². The molecule has 3 rings (SSSR count). The number of hydroxylamine groups is 1. The van der Waals surface area contributed by atoms with Crippen LogP contribution in [0.3, 0.4) is 0 Å². The Hall–Kier alpha value is -2.92. The van der Waals surface area contributed by atoms with E-state index in [4.69, 9.17) is 9.94 Å². The Bertz CT molecular complexity index is 848. The van der Waals surface area contributed by atoms with Crippen molar-refractivity contribution in [3.05, 3.63) is 71.4 Å². The molecule has 0 atom stereocenters. The van der Waals surface area contributed by atoms with E-state index < -0.39 is 5.91 Å². The van der Waals surface area contributed by atoms with Crippen LogP contribution in [0.4, 0.5) is 0 Å². The summed E-state index contributed by atoms with van der Waals surface area (Å²) in [6, 6.07) is 17.1. The van der Waals surface area contributed by atoms with Crippen LogP contribution in [-0.2, 0) is 6.61 Å². The molecule has 0 radical (unpaired) electrons. The topological polar surface area (TPSA) is 71.5 Å². The number of aromatic nitrogens is 1. The minimum Gasteiger partial charge on any atom is -0.489 e. The van der Waals surface area contributed by atoms with Gasteiger partial charge in [-0.3, -0.25) is 10.0 Å². The Morgan fingerprint density at radius 3 is 2.70 bits per heavy atom. The highest BCUT2D eigenvalue weighted by Gasteiger charge is 2.10. The summed E-state index contributed by atoms with van der Waals surface area (Å²) >= 11 is 0. The van der Waals surface area contributed by atoms with Gasteiger partial charge in [-0.2, -0.15) is 0 Å². The van der Waals surface area contributed by atoms with E-state index in [9.17, 15) is 4.79 Å². The molecule has 0 unspecified atom stereocenters. The van der Waals surface area contributed by atoms with E-state index in [2.05, 4.69) is 4.98 Å². The summed E-state index contributed by atoms with van der Waals surface area (Å²) in [5, 5.41) is 9.62. The maximum absolute atomic E-state index is 11.5. The zero-order valence-electron chi connectivity index (χ0n) is 12.6. The normalized spacial score (nSPS) is 10.5. The number of nitrogens with zero attached hydrogens (tertiary/aromatic N) is 1. The highest BCUT2D eigenvalue weighted by atomic mass is 16.5. The Morgan fingerprint density at radius 2 is 1.96 bits per heavy atom. The first-order valence-corrected chi connectivity index (χ1v) is 7.20. The molecule has 2 aromatic carbocycles. The molecule has 1 aromatic heterocycles. The third kappa shape index (κ3) is 3.30. The lowest BCUT2D eigenvalue weighted by Crippen LogP contribution is -2.20. The summed E-state index contributed by atoms with van der Waals surface area (Å²) in [7, 11) is 0. The van der Waals surface area contributed by atoms with Crippen molar-refractivity contribution in [2.24, 2.45) is 0 Å². The fourth-order valence-corrected chi connectivity index (χ4v) is 2.38. The third-order valence-electron chi connectivity index (χ3n) is 3.57. The first-order valence-electron chi connectivity index (χ1n) is 7.20. The number of aryl methyl sites for hydroxylation is 1. The second kappa shape index (κ2) is 6.46. The Kier molecular flexibility index (Phi) is 4.21. The van der Waals surface area contributed by atoms with E-state index in [-0.39, 0.29) is 5.69 Å². The summed E-state index contributed by atoms with van der Waals surface area (Å²) < 4.78 is 5.81. The molecule has 5 heteroatoms. The number of carbonyl (C=O) groups excluding carboxylic acids is 1. The van der Waals surface area contributed by atoms with Crippen LogP contribution in [0, 0.1) is 6.92 Å². The molecular formula is C18H16N2O3. The molecule has 0 aliphatic heterocycles. The zero-order valence-corrected chi connectivity index (χ0v) is 12.6. The molecule has 0 fully saturated rings. The minimum absolute atomic E-state index is 0.176. The first-order chi connectivity index (χ1) is 11.2. The molecular weight excluding hydrogens is 292 g/mol. The lowest BCUT2D eigenvalue weighted by Gasteiger charge is -2.09. The Labute approximate surface area is 133 Å². The van der Waals surface area contributed by atoms with Crippen LogP contribution < -0.4 is 10.2 Å². The number of amides is 1. The van der Waals surface area contributed by atoms with Crippen molar-refractivity contribution in [2.75, 3.05) is 0 Å². The van der Waals surface area contributed by atoms with Gasteiger partial charge in [-0.05, 0) is 42.3 Å². The highest BCUT2D eigenvalue weighted by Crippen LogP contribution is 2.24. The van der Waals surface area contributed by atoms with Gasteiger partial charge < -0.3 is 4.74 Å². The van der Waals surface area contributed by atoms with Gasteiger partial charge in [-0.25, -0.2) is 10.5 Å². The van der Waals surface area contributed by atoms with Gasteiger partial charge in [-0.1, -0.05) is 30.3 Å². The van der Waals surface area contributed by atoms with Gasteiger partial charge in [0.1, 0.15) is 18.1 Å². The largest absolute Gasteiger partial charge is 0.489 e. The van der Waals surface area contributed by atoms with Crippen molar-refractivity contribution >= 4 is 16.8 Å². The molecule has 116 valence electrons. The van der Waals surface area contributed by atoms with Crippen molar-refractivity contribution in [1.29, 1.82) is 0 Å².